The lowest BCUT2D eigenvalue weighted by Crippen LogP contribution is -2.15. The molecule has 0 aromatic carbocycles. The maximum absolute atomic E-state index is 12.1. The van der Waals surface area contributed by atoms with Crippen LogP contribution < -0.4 is 0 Å². The van der Waals surface area contributed by atoms with Crippen LogP contribution in [0, 0.1) is 34.6 Å². The van der Waals surface area contributed by atoms with Gasteiger partial charge in [0.1, 0.15) is 17.1 Å². The fourth-order valence-electron chi connectivity index (χ4n) is 2.28. The van der Waals surface area contributed by atoms with Crippen LogP contribution in [0.15, 0.2) is 10.5 Å². The summed E-state index contributed by atoms with van der Waals surface area (Å²) in [5.74, 6) is 0.514. The number of carbonyl (C=O) groups excluding carboxylic acids is 2. The summed E-state index contributed by atoms with van der Waals surface area (Å²) < 4.78 is 10.5. The van der Waals surface area contributed by atoms with Crippen molar-refractivity contribution in [3.05, 3.63) is 44.0 Å². The Morgan fingerprint density at radius 2 is 1.81 bits per heavy atom. The van der Waals surface area contributed by atoms with E-state index in [9.17, 15) is 9.59 Å². The monoisotopic (exact) mass is 306 g/mol. The van der Waals surface area contributed by atoms with E-state index in [2.05, 4.69) is 0 Å². The molecule has 0 saturated carbocycles. The third kappa shape index (κ3) is 3.08. The van der Waals surface area contributed by atoms with Crippen molar-refractivity contribution in [1.82, 2.24) is 0 Å². The number of thiophene rings is 1. The maximum atomic E-state index is 12.1. The van der Waals surface area contributed by atoms with E-state index in [1.165, 1.54) is 0 Å². The average Bonchev–Trinajstić information content (AvgIpc) is 2.86. The summed E-state index contributed by atoms with van der Waals surface area (Å²) >= 11 is 1.56. The first-order valence-corrected chi connectivity index (χ1v) is 7.46. The molecule has 0 atom stereocenters. The van der Waals surface area contributed by atoms with E-state index in [1.54, 1.807) is 32.1 Å². The molecule has 2 aromatic heterocycles. The van der Waals surface area contributed by atoms with Crippen molar-refractivity contribution >= 4 is 23.1 Å². The summed E-state index contributed by atoms with van der Waals surface area (Å²) in [5, 5.41) is 0. The van der Waals surface area contributed by atoms with Crippen LogP contribution in [0.1, 0.15) is 47.6 Å². The van der Waals surface area contributed by atoms with E-state index >= 15 is 0 Å². The van der Waals surface area contributed by atoms with Crippen molar-refractivity contribution in [3.63, 3.8) is 0 Å². The van der Waals surface area contributed by atoms with Crippen LogP contribution >= 0.6 is 11.3 Å². The molecule has 0 aliphatic heterocycles. The van der Waals surface area contributed by atoms with Crippen molar-refractivity contribution in [2.75, 3.05) is 6.61 Å². The molecule has 0 saturated heterocycles. The molecule has 21 heavy (non-hydrogen) atoms. The second-order valence-electron chi connectivity index (χ2n) is 5.04. The SMILES string of the molecule is Cc1cc(C(=O)COC(=O)c2c(C)oc(C)c2C)c(C)s1. The Kier molecular flexibility index (Phi) is 4.32. The molecule has 0 N–H and O–H groups in total. The van der Waals surface area contributed by atoms with Crippen molar-refractivity contribution < 1.29 is 18.7 Å². The first-order chi connectivity index (χ1) is 9.81. The lowest BCUT2D eigenvalue weighted by molar-refractivity contribution is 0.0472. The molecular weight excluding hydrogens is 288 g/mol. The molecule has 0 aliphatic carbocycles. The number of hydrogen-bond donors (Lipinski definition) is 0. The molecule has 2 aromatic rings. The Labute approximate surface area is 127 Å². The highest BCUT2D eigenvalue weighted by molar-refractivity contribution is 7.12. The lowest BCUT2D eigenvalue weighted by atomic mass is 10.1. The van der Waals surface area contributed by atoms with Gasteiger partial charge in [0, 0.05) is 20.9 Å². The van der Waals surface area contributed by atoms with Gasteiger partial charge >= 0.3 is 5.97 Å². The summed E-state index contributed by atoms with van der Waals surface area (Å²) in [5.41, 5.74) is 1.80. The molecule has 0 unspecified atom stereocenters. The zero-order chi connectivity index (χ0) is 15.7. The predicted molar refractivity (Wildman–Crippen MR) is 81.3 cm³/mol. The van der Waals surface area contributed by atoms with Crippen molar-refractivity contribution in [2.24, 2.45) is 0 Å². The number of esters is 1. The number of furan rings is 1. The molecule has 0 amide bonds. The standard InChI is InChI=1S/C16H18O4S/c1-8-6-13(12(5)21-8)14(17)7-19-16(18)15-9(2)10(3)20-11(15)4/h6H,7H2,1-5H3. The number of ketones is 1. The summed E-state index contributed by atoms with van der Waals surface area (Å²) in [6.07, 6.45) is 0. The molecule has 112 valence electrons. The van der Waals surface area contributed by atoms with Crippen LogP contribution in [0.5, 0.6) is 0 Å². The number of Topliss-reactive ketones (excluding diaryl/α,β-unsaturated/α-hetero) is 1. The van der Waals surface area contributed by atoms with Crippen LogP contribution in [0.3, 0.4) is 0 Å². The first kappa shape index (κ1) is 15.5. The number of ether oxygens (including phenoxy) is 1. The smallest absolute Gasteiger partial charge is 0.342 e. The largest absolute Gasteiger partial charge is 0.465 e. The summed E-state index contributed by atoms with van der Waals surface area (Å²) in [7, 11) is 0. The zero-order valence-electron chi connectivity index (χ0n) is 12.8. The number of carbonyl (C=O) groups is 2. The van der Waals surface area contributed by atoms with E-state index < -0.39 is 5.97 Å². The molecule has 0 radical (unpaired) electrons. The topological polar surface area (TPSA) is 56.5 Å². The van der Waals surface area contributed by atoms with Crippen molar-refractivity contribution in [2.45, 2.75) is 34.6 Å². The van der Waals surface area contributed by atoms with Gasteiger partial charge in [-0.1, -0.05) is 0 Å². The molecule has 2 rings (SSSR count). The quantitative estimate of drug-likeness (QED) is 0.634. The minimum atomic E-state index is -0.514. The van der Waals surface area contributed by atoms with Gasteiger partial charge in [-0.05, 0) is 40.7 Å². The molecule has 4 nitrogen and oxygen atoms in total. The van der Waals surface area contributed by atoms with Crippen molar-refractivity contribution in [3.8, 4) is 0 Å². The van der Waals surface area contributed by atoms with Crippen LogP contribution in [-0.4, -0.2) is 18.4 Å². The molecule has 0 fully saturated rings. The lowest BCUT2D eigenvalue weighted by Gasteiger charge is -2.04. The number of aryl methyl sites for hydroxylation is 4. The van der Waals surface area contributed by atoms with Gasteiger partial charge in [0.2, 0.25) is 5.78 Å². The second-order valence-corrected chi connectivity index (χ2v) is 6.50. The van der Waals surface area contributed by atoms with Gasteiger partial charge in [0.25, 0.3) is 0 Å². The zero-order valence-corrected chi connectivity index (χ0v) is 13.6. The molecular formula is C16H18O4S. The third-order valence-corrected chi connectivity index (χ3v) is 4.41. The molecule has 0 aliphatic rings. The number of hydrogen-bond acceptors (Lipinski definition) is 5. The van der Waals surface area contributed by atoms with Gasteiger partial charge < -0.3 is 9.15 Å². The highest BCUT2D eigenvalue weighted by Crippen LogP contribution is 2.23. The van der Waals surface area contributed by atoms with E-state index in [4.69, 9.17) is 9.15 Å². The van der Waals surface area contributed by atoms with Gasteiger partial charge in [0.05, 0.1) is 0 Å². The molecule has 5 heteroatoms. The summed E-state index contributed by atoms with van der Waals surface area (Å²) in [6.45, 7) is 8.89. The minimum Gasteiger partial charge on any atom is -0.465 e. The van der Waals surface area contributed by atoms with Crippen LogP contribution in [-0.2, 0) is 4.74 Å². The fourth-order valence-corrected chi connectivity index (χ4v) is 3.23. The number of rotatable bonds is 4. The molecule has 0 bridgehead atoms. The van der Waals surface area contributed by atoms with Gasteiger partial charge in [-0.2, -0.15) is 0 Å². The summed E-state index contributed by atoms with van der Waals surface area (Å²) in [4.78, 5) is 26.2. The van der Waals surface area contributed by atoms with Crippen LogP contribution in [0.4, 0.5) is 0 Å². The third-order valence-electron chi connectivity index (χ3n) is 3.44. The normalized spacial score (nSPS) is 10.7. The Morgan fingerprint density at radius 3 is 2.29 bits per heavy atom. The van der Waals surface area contributed by atoms with Gasteiger partial charge in [-0.15, -0.1) is 11.3 Å². The highest BCUT2D eigenvalue weighted by Gasteiger charge is 2.21. The Hall–Kier alpha value is -1.88. The molecule has 0 spiro atoms. The Morgan fingerprint density at radius 1 is 1.14 bits per heavy atom. The second kappa shape index (κ2) is 5.85. The van der Waals surface area contributed by atoms with Gasteiger partial charge in [-0.25, -0.2) is 4.79 Å². The fraction of sp³-hybridized carbons (Fsp3) is 0.375. The Bertz CT molecular complexity index is 706. The van der Waals surface area contributed by atoms with Gasteiger partial charge in [-0.3, -0.25) is 4.79 Å². The maximum Gasteiger partial charge on any atom is 0.342 e. The van der Waals surface area contributed by atoms with Crippen molar-refractivity contribution in [1.29, 1.82) is 0 Å². The highest BCUT2D eigenvalue weighted by atomic mass is 32.1. The van der Waals surface area contributed by atoms with E-state index in [0.717, 1.165) is 15.3 Å². The summed E-state index contributed by atoms with van der Waals surface area (Å²) in [6, 6.07) is 1.83. The van der Waals surface area contributed by atoms with E-state index in [1.807, 2.05) is 19.9 Å². The first-order valence-electron chi connectivity index (χ1n) is 6.65. The average molecular weight is 306 g/mol. The van der Waals surface area contributed by atoms with Gasteiger partial charge in [0.15, 0.2) is 6.61 Å². The van der Waals surface area contributed by atoms with Crippen LogP contribution in [0.2, 0.25) is 0 Å². The van der Waals surface area contributed by atoms with E-state index in [-0.39, 0.29) is 12.4 Å². The predicted octanol–water partition coefficient (Wildman–Crippen LogP) is 3.92. The Balaban J connectivity index is 2.08. The molecule has 2 heterocycles. The minimum absolute atomic E-state index is 0.180. The van der Waals surface area contributed by atoms with E-state index in [0.29, 0.717) is 22.6 Å². The van der Waals surface area contributed by atoms with Crippen LogP contribution in [0.25, 0.3) is 0 Å².